The van der Waals surface area contributed by atoms with Crippen molar-refractivity contribution in [2.24, 2.45) is 11.7 Å². The van der Waals surface area contributed by atoms with Crippen LogP contribution in [0.2, 0.25) is 0 Å². The second kappa shape index (κ2) is 6.61. The minimum Gasteiger partial charge on any atom is -0.347 e. The lowest BCUT2D eigenvalue weighted by atomic mass is 10.1. The molecule has 0 radical (unpaired) electrons. The van der Waals surface area contributed by atoms with Crippen molar-refractivity contribution in [3.8, 4) is 0 Å². The Morgan fingerprint density at radius 1 is 1.29 bits per heavy atom. The fourth-order valence-corrected chi connectivity index (χ4v) is 3.26. The highest BCUT2D eigenvalue weighted by Crippen LogP contribution is 2.29. The number of carbonyl (C=O) groups excluding carboxylic acids is 1. The maximum atomic E-state index is 12.6. The van der Waals surface area contributed by atoms with E-state index in [2.05, 4.69) is 5.32 Å². The molecule has 0 aliphatic heterocycles. The van der Waals surface area contributed by atoms with Gasteiger partial charge in [-0.05, 0) is 35.6 Å². The van der Waals surface area contributed by atoms with Gasteiger partial charge in [-0.15, -0.1) is 0 Å². The number of pyridine rings is 1. The van der Waals surface area contributed by atoms with Gasteiger partial charge in [0, 0.05) is 12.7 Å². The van der Waals surface area contributed by atoms with Crippen molar-refractivity contribution >= 4 is 5.91 Å². The average molecular weight is 325 g/mol. The molecule has 0 saturated carbocycles. The highest BCUT2D eigenvalue weighted by Gasteiger charge is 2.31. The number of carbonyl (C=O) groups is 1. The zero-order chi connectivity index (χ0) is 17.3. The molecule has 5 heteroatoms. The summed E-state index contributed by atoms with van der Waals surface area (Å²) in [4.78, 5) is 25.1. The number of nitrogens with zero attached hydrogens (tertiary/aromatic N) is 1. The lowest BCUT2D eigenvalue weighted by molar-refractivity contribution is 0.0931. The first kappa shape index (κ1) is 16.5. The Kier molecular flexibility index (Phi) is 4.53. The van der Waals surface area contributed by atoms with Gasteiger partial charge in [0.05, 0.1) is 12.1 Å². The monoisotopic (exact) mass is 325 g/mol. The van der Waals surface area contributed by atoms with Gasteiger partial charge in [-0.25, -0.2) is 0 Å². The Balaban J connectivity index is 1.78. The molecule has 1 aromatic heterocycles. The molecule has 0 spiro atoms. The molecular weight excluding hydrogens is 302 g/mol. The van der Waals surface area contributed by atoms with Crippen LogP contribution in [0.25, 0.3) is 0 Å². The third-order valence-electron chi connectivity index (χ3n) is 4.43. The zero-order valence-electron chi connectivity index (χ0n) is 14.0. The van der Waals surface area contributed by atoms with E-state index in [-0.39, 0.29) is 29.1 Å². The molecule has 1 aromatic carbocycles. The molecule has 126 valence electrons. The predicted octanol–water partition coefficient (Wildman–Crippen LogP) is 1.86. The van der Waals surface area contributed by atoms with E-state index in [1.54, 1.807) is 22.9 Å². The number of nitrogens with one attached hydrogen (secondary N) is 1. The van der Waals surface area contributed by atoms with E-state index in [0.29, 0.717) is 18.9 Å². The Labute approximate surface area is 141 Å². The van der Waals surface area contributed by atoms with Crippen LogP contribution < -0.4 is 16.6 Å². The SMILES string of the molecule is CC(C)Cn1cccc(C(=O)N[C@@H]2Cc3ccccc3[C@H]2N)c1=O. The number of rotatable bonds is 4. The Morgan fingerprint density at radius 2 is 2.04 bits per heavy atom. The van der Waals surface area contributed by atoms with E-state index >= 15 is 0 Å². The lowest BCUT2D eigenvalue weighted by Gasteiger charge is -2.18. The Morgan fingerprint density at radius 3 is 2.75 bits per heavy atom. The number of fused-ring (bicyclic) bond motifs is 1. The summed E-state index contributed by atoms with van der Waals surface area (Å²) in [5, 5.41) is 2.94. The molecule has 0 unspecified atom stereocenters. The van der Waals surface area contributed by atoms with Gasteiger partial charge < -0.3 is 15.6 Å². The Hall–Kier alpha value is -2.40. The molecule has 3 N–H and O–H groups in total. The summed E-state index contributed by atoms with van der Waals surface area (Å²) in [5.74, 6) is -0.0230. The molecule has 0 saturated heterocycles. The fraction of sp³-hybridized carbons (Fsp3) is 0.368. The molecule has 2 aromatic rings. The first-order chi connectivity index (χ1) is 11.5. The van der Waals surface area contributed by atoms with Crippen LogP contribution in [0.1, 0.15) is 41.4 Å². The van der Waals surface area contributed by atoms with E-state index < -0.39 is 0 Å². The molecule has 1 amide bonds. The van der Waals surface area contributed by atoms with Crippen LogP contribution in [0, 0.1) is 5.92 Å². The van der Waals surface area contributed by atoms with Gasteiger partial charge in [-0.2, -0.15) is 0 Å². The second-order valence-corrected chi connectivity index (χ2v) is 6.78. The molecule has 1 aliphatic carbocycles. The first-order valence-corrected chi connectivity index (χ1v) is 8.31. The smallest absolute Gasteiger partial charge is 0.263 e. The molecule has 24 heavy (non-hydrogen) atoms. The molecular formula is C19H23N3O2. The van der Waals surface area contributed by atoms with Gasteiger partial charge in [0.15, 0.2) is 0 Å². The van der Waals surface area contributed by atoms with E-state index in [0.717, 1.165) is 11.1 Å². The summed E-state index contributed by atoms with van der Waals surface area (Å²) in [7, 11) is 0. The van der Waals surface area contributed by atoms with Crippen LogP contribution in [0.15, 0.2) is 47.4 Å². The molecule has 5 nitrogen and oxygen atoms in total. The van der Waals surface area contributed by atoms with Crippen LogP contribution in [-0.2, 0) is 13.0 Å². The zero-order valence-corrected chi connectivity index (χ0v) is 14.0. The topological polar surface area (TPSA) is 77.1 Å². The van der Waals surface area contributed by atoms with E-state index in [1.807, 2.05) is 38.1 Å². The molecule has 1 aliphatic rings. The van der Waals surface area contributed by atoms with Crippen LogP contribution in [0.3, 0.4) is 0 Å². The van der Waals surface area contributed by atoms with Gasteiger partial charge in [-0.1, -0.05) is 38.1 Å². The minimum absolute atomic E-state index is 0.168. The number of benzene rings is 1. The predicted molar refractivity (Wildman–Crippen MR) is 93.9 cm³/mol. The number of aromatic nitrogens is 1. The second-order valence-electron chi connectivity index (χ2n) is 6.78. The standard InChI is InChI=1S/C19H23N3O2/c1-12(2)11-22-9-5-8-15(19(22)24)18(23)21-16-10-13-6-3-4-7-14(13)17(16)20/h3-9,12,16-17H,10-11,20H2,1-2H3,(H,21,23)/t16-,17-/m1/s1. The number of hydrogen-bond acceptors (Lipinski definition) is 3. The first-order valence-electron chi connectivity index (χ1n) is 8.31. The van der Waals surface area contributed by atoms with Crippen molar-refractivity contribution in [2.75, 3.05) is 0 Å². The van der Waals surface area contributed by atoms with Gasteiger partial charge in [0.1, 0.15) is 5.56 Å². The van der Waals surface area contributed by atoms with Gasteiger partial charge in [-0.3, -0.25) is 9.59 Å². The summed E-state index contributed by atoms with van der Waals surface area (Å²) in [6.07, 6.45) is 2.41. The van der Waals surface area contributed by atoms with Gasteiger partial charge in [0.2, 0.25) is 0 Å². The molecule has 0 fully saturated rings. The van der Waals surface area contributed by atoms with Crippen molar-refractivity contribution in [3.63, 3.8) is 0 Å². The van der Waals surface area contributed by atoms with Gasteiger partial charge in [0.25, 0.3) is 11.5 Å². The fourth-order valence-electron chi connectivity index (χ4n) is 3.26. The van der Waals surface area contributed by atoms with Crippen molar-refractivity contribution < 1.29 is 4.79 Å². The van der Waals surface area contributed by atoms with E-state index in [1.165, 1.54) is 0 Å². The maximum absolute atomic E-state index is 12.6. The summed E-state index contributed by atoms with van der Waals surface area (Å²) in [5.41, 5.74) is 8.38. The number of amides is 1. The van der Waals surface area contributed by atoms with Crippen LogP contribution >= 0.6 is 0 Å². The third kappa shape index (κ3) is 3.12. The normalized spacial score (nSPS) is 19.3. The summed E-state index contributed by atoms with van der Waals surface area (Å²) >= 11 is 0. The van der Waals surface area contributed by atoms with Crippen LogP contribution in [0.5, 0.6) is 0 Å². The van der Waals surface area contributed by atoms with Crippen LogP contribution in [0.4, 0.5) is 0 Å². The highest BCUT2D eigenvalue weighted by molar-refractivity contribution is 5.94. The van der Waals surface area contributed by atoms with Crippen molar-refractivity contribution in [2.45, 2.75) is 38.9 Å². The summed E-state index contributed by atoms with van der Waals surface area (Å²) in [6.45, 7) is 4.66. The Bertz CT molecular complexity index is 810. The molecule has 1 heterocycles. The number of hydrogen-bond donors (Lipinski definition) is 2. The third-order valence-corrected chi connectivity index (χ3v) is 4.43. The molecule has 0 bridgehead atoms. The highest BCUT2D eigenvalue weighted by atomic mass is 16.2. The maximum Gasteiger partial charge on any atom is 0.263 e. The van der Waals surface area contributed by atoms with Crippen molar-refractivity contribution in [3.05, 3.63) is 69.6 Å². The van der Waals surface area contributed by atoms with E-state index in [9.17, 15) is 9.59 Å². The molecule has 2 atom stereocenters. The summed E-state index contributed by atoms with van der Waals surface area (Å²) in [6, 6.07) is 10.8. The summed E-state index contributed by atoms with van der Waals surface area (Å²) < 4.78 is 1.59. The van der Waals surface area contributed by atoms with Crippen molar-refractivity contribution in [1.82, 2.24) is 9.88 Å². The largest absolute Gasteiger partial charge is 0.347 e. The van der Waals surface area contributed by atoms with Crippen molar-refractivity contribution in [1.29, 1.82) is 0 Å². The quantitative estimate of drug-likeness (QED) is 0.901. The average Bonchev–Trinajstić information content (AvgIpc) is 2.85. The van der Waals surface area contributed by atoms with Gasteiger partial charge >= 0.3 is 0 Å². The lowest BCUT2D eigenvalue weighted by Crippen LogP contribution is -2.43. The van der Waals surface area contributed by atoms with Crippen LogP contribution in [-0.4, -0.2) is 16.5 Å². The minimum atomic E-state index is -0.355. The van der Waals surface area contributed by atoms with E-state index in [4.69, 9.17) is 5.73 Å². The molecule has 3 rings (SSSR count). The number of nitrogens with two attached hydrogens (primary N) is 1.